The fourth-order valence-electron chi connectivity index (χ4n) is 2.39. The van der Waals surface area contributed by atoms with E-state index in [2.05, 4.69) is 15.9 Å². The van der Waals surface area contributed by atoms with Crippen molar-refractivity contribution in [2.45, 2.75) is 6.42 Å². The minimum atomic E-state index is -0.252. The number of hydrogen-bond donors (Lipinski definition) is 0. The van der Waals surface area contributed by atoms with Crippen LogP contribution in [0, 0.1) is 0 Å². The summed E-state index contributed by atoms with van der Waals surface area (Å²) in [5, 5.41) is 0.980. The molecule has 2 aromatic carbocycles. The summed E-state index contributed by atoms with van der Waals surface area (Å²) < 4.78 is 5.82. The van der Waals surface area contributed by atoms with Gasteiger partial charge in [0.2, 0.25) is 0 Å². The van der Waals surface area contributed by atoms with Crippen LogP contribution in [-0.2, 0) is 16.0 Å². The normalized spacial score (nSPS) is 10.6. The van der Waals surface area contributed by atoms with E-state index in [-0.39, 0.29) is 12.4 Å². The summed E-state index contributed by atoms with van der Waals surface area (Å²) in [5.74, 6) is -0.252. The first-order valence-electron chi connectivity index (χ1n) is 6.89. The Morgan fingerprint density at radius 2 is 1.86 bits per heavy atom. The van der Waals surface area contributed by atoms with E-state index in [1.807, 2.05) is 54.6 Å². The second-order valence-corrected chi connectivity index (χ2v) is 5.86. The second-order valence-electron chi connectivity index (χ2n) is 4.94. The molecule has 0 saturated heterocycles. The molecule has 3 nitrogen and oxygen atoms in total. The van der Waals surface area contributed by atoms with Crippen molar-refractivity contribution >= 4 is 32.8 Å². The minimum absolute atomic E-state index is 0.239. The molecule has 0 aliphatic heterocycles. The van der Waals surface area contributed by atoms with Gasteiger partial charge in [0.1, 0.15) is 0 Å². The molecule has 4 heteroatoms. The Morgan fingerprint density at radius 1 is 1.14 bits per heavy atom. The molecule has 22 heavy (non-hydrogen) atoms. The van der Waals surface area contributed by atoms with Crippen LogP contribution in [0.15, 0.2) is 59.1 Å². The summed E-state index contributed by atoms with van der Waals surface area (Å²) in [6, 6.07) is 17.8. The van der Waals surface area contributed by atoms with Gasteiger partial charge in [-0.2, -0.15) is 0 Å². The summed E-state index contributed by atoms with van der Waals surface area (Å²) >= 11 is 3.43. The van der Waals surface area contributed by atoms with E-state index in [1.165, 1.54) is 7.11 Å². The van der Waals surface area contributed by atoms with Crippen molar-refractivity contribution in [1.29, 1.82) is 0 Å². The summed E-state index contributed by atoms with van der Waals surface area (Å²) in [7, 11) is 1.40. The lowest BCUT2D eigenvalue weighted by Crippen LogP contribution is -2.05. The standard InChI is InChI=1S/C18H14BrNO2/c1-22-18(21)11-13-10-17(12-6-8-14(19)9-7-12)20-16-5-3-2-4-15(13)16/h2-10H,11H2,1H3. The Kier molecular flexibility index (Phi) is 4.20. The van der Waals surface area contributed by atoms with Crippen molar-refractivity contribution in [2.75, 3.05) is 7.11 Å². The average molecular weight is 356 g/mol. The maximum Gasteiger partial charge on any atom is 0.310 e. The lowest BCUT2D eigenvalue weighted by atomic mass is 10.0. The number of benzene rings is 2. The quantitative estimate of drug-likeness (QED) is 0.654. The zero-order valence-electron chi connectivity index (χ0n) is 12.0. The molecule has 0 saturated carbocycles. The van der Waals surface area contributed by atoms with Crippen LogP contribution in [0.2, 0.25) is 0 Å². The Bertz CT molecular complexity index is 828. The number of para-hydroxylation sites is 1. The van der Waals surface area contributed by atoms with E-state index >= 15 is 0 Å². The zero-order valence-corrected chi connectivity index (χ0v) is 13.6. The van der Waals surface area contributed by atoms with Gasteiger partial charge < -0.3 is 4.74 Å². The van der Waals surface area contributed by atoms with Crippen LogP contribution in [0.5, 0.6) is 0 Å². The molecule has 0 radical (unpaired) electrons. The molecule has 0 unspecified atom stereocenters. The number of methoxy groups -OCH3 is 1. The number of carbonyl (C=O) groups is 1. The summed E-state index contributed by atoms with van der Waals surface area (Å²) in [4.78, 5) is 16.4. The topological polar surface area (TPSA) is 39.2 Å². The molecule has 0 spiro atoms. The Labute approximate surface area is 137 Å². The van der Waals surface area contributed by atoms with Gasteiger partial charge in [-0.1, -0.05) is 46.3 Å². The first-order chi connectivity index (χ1) is 10.7. The van der Waals surface area contributed by atoms with Gasteiger partial charge in [-0.3, -0.25) is 4.79 Å². The lowest BCUT2D eigenvalue weighted by molar-refractivity contribution is -0.139. The fraction of sp³-hybridized carbons (Fsp3) is 0.111. The largest absolute Gasteiger partial charge is 0.469 e. The molecule has 0 bridgehead atoms. The number of halogens is 1. The van der Waals surface area contributed by atoms with Crippen LogP contribution in [-0.4, -0.2) is 18.1 Å². The maximum atomic E-state index is 11.7. The first-order valence-corrected chi connectivity index (χ1v) is 7.68. The second kappa shape index (κ2) is 6.28. The van der Waals surface area contributed by atoms with Gasteiger partial charge in [0, 0.05) is 15.4 Å². The van der Waals surface area contributed by atoms with Gasteiger partial charge in [-0.05, 0) is 29.8 Å². The highest BCUT2D eigenvalue weighted by Gasteiger charge is 2.11. The molecule has 1 heterocycles. The predicted molar refractivity (Wildman–Crippen MR) is 90.6 cm³/mol. The molecule has 0 fully saturated rings. The summed E-state index contributed by atoms with van der Waals surface area (Å²) in [5.41, 5.74) is 3.67. The van der Waals surface area contributed by atoms with E-state index in [0.717, 1.165) is 32.2 Å². The van der Waals surface area contributed by atoms with Crippen LogP contribution in [0.25, 0.3) is 22.2 Å². The molecule has 110 valence electrons. The van der Waals surface area contributed by atoms with E-state index in [4.69, 9.17) is 9.72 Å². The molecule has 1 aromatic heterocycles. The SMILES string of the molecule is COC(=O)Cc1cc(-c2ccc(Br)cc2)nc2ccccc12. The number of esters is 1. The van der Waals surface area contributed by atoms with Crippen molar-refractivity contribution < 1.29 is 9.53 Å². The Hall–Kier alpha value is -2.20. The number of hydrogen-bond acceptors (Lipinski definition) is 3. The predicted octanol–water partition coefficient (Wildman–Crippen LogP) is 4.38. The van der Waals surface area contributed by atoms with Crippen molar-refractivity contribution in [1.82, 2.24) is 4.98 Å². The van der Waals surface area contributed by atoms with Crippen molar-refractivity contribution in [3.05, 3.63) is 64.6 Å². The van der Waals surface area contributed by atoms with Gasteiger partial charge in [-0.15, -0.1) is 0 Å². The third kappa shape index (κ3) is 3.02. The third-order valence-electron chi connectivity index (χ3n) is 3.50. The van der Waals surface area contributed by atoms with Crippen molar-refractivity contribution in [3.8, 4) is 11.3 Å². The van der Waals surface area contributed by atoms with Gasteiger partial charge in [0.15, 0.2) is 0 Å². The monoisotopic (exact) mass is 355 g/mol. The van der Waals surface area contributed by atoms with Crippen molar-refractivity contribution in [3.63, 3.8) is 0 Å². The highest BCUT2D eigenvalue weighted by Crippen LogP contribution is 2.26. The Morgan fingerprint density at radius 3 is 2.59 bits per heavy atom. The number of fused-ring (bicyclic) bond motifs is 1. The molecule has 0 atom stereocenters. The lowest BCUT2D eigenvalue weighted by Gasteiger charge is -2.09. The van der Waals surface area contributed by atoms with Crippen LogP contribution in [0.3, 0.4) is 0 Å². The summed E-state index contributed by atoms with van der Waals surface area (Å²) in [6.07, 6.45) is 0.239. The number of pyridine rings is 1. The number of aromatic nitrogens is 1. The van der Waals surface area contributed by atoms with Gasteiger partial charge in [0.05, 0.1) is 24.7 Å². The molecule has 0 aliphatic rings. The summed E-state index contributed by atoms with van der Waals surface area (Å²) in [6.45, 7) is 0. The highest BCUT2D eigenvalue weighted by atomic mass is 79.9. The van der Waals surface area contributed by atoms with Crippen LogP contribution < -0.4 is 0 Å². The third-order valence-corrected chi connectivity index (χ3v) is 4.03. The zero-order chi connectivity index (χ0) is 15.5. The van der Waals surface area contributed by atoms with E-state index in [0.29, 0.717) is 0 Å². The highest BCUT2D eigenvalue weighted by molar-refractivity contribution is 9.10. The van der Waals surface area contributed by atoms with Gasteiger partial charge >= 0.3 is 5.97 Å². The van der Waals surface area contributed by atoms with Crippen LogP contribution in [0.1, 0.15) is 5.56 Å². The number of carbonyl (C=O) groups excluding carboxylic acids is 1. The number of nitrogens with zero attached hydrogens (tertiary/aromatic N) is 1. The smallest absolute Gasteiger partial charge is 0.310 e. The fourth-order valence-corrected chi connectivity index (χ4v) is 2.65. The molecule has 0 amide bonds. The molecular weight excluding hydrogens is 342 g/mol. The molecule has 0 aliphatic carbocycles. The number of ether oxygens (including phenoxy) is 1. The molecule has 0 N–H and O–H groups in total. The van der Waals surface area contributed by atoms with Crippen molar-refractivity contribution in [2.24, 2.45) is 0 Å². The van der Waals surface area contributed by atoms with Gasteiger partial charge in [0.25, 0.3) is 0 Å². The molecule has 3 rings (SSSR count). The van der Waals surface area contributed by atoms with E-state index < -0.39 is 0 Å². The maximum absolute atomic E-state index is 11.7. The number of rotatable bonds is 3. The molecular formula is C18H14BrNO2. The van der Waals surface area contributed by atoms with Crippen LogP contribution in [0.4, 0.5) is 0 Å². The van der Waals surface area contributed by atoms with Gasteiger partial charge in [-0.25, -0.2) is 4.98 Å². The molecule has 3 aromatic rings. The average Bonchev–Trinajstić information content (AvgIpc) is 2.55. The Balaban J connectivity index is 2.15. The first kappa shape index (κ1) is 14.7. The minimum Gasteiger partial charge on any atom is -0.469 e. The van der Waals surface area contributed by atoms with E-state index in [1.54, 1.807) is 0 Å². The van der Waals surface area contributed by atoms with E-state index in [9.17, 15) is 4.79 Å². The van der Waals surface area contributed by atoms with Crippen LogP contribution >= 0.6 is 15.9 Å².